The monoisotopic (exact) mass is 360 g/mol. The molecule has 0 atom stereocenters. The summed E-state index contributed by atoms with van der Waals surface area (Å²) in [5, 5.41) is 3.78. The molecule has 0 saturated carbocycles. The Hall–Kier alpha value is -0.970. The molecule has 100 valence electrons. The number of aromatic nitrogens is 1. The summed E-state index contributed by atoms with van der Waals surface area (Å²) in [6, 6.07) is 5.11. The average molecular weight is 362 g/mol. The quantitative estimate of drug-likeness (QED) is 0.829. The predicted molar refractivity (Wildman–Crippen MR) is 82.3 cm³/mol. The number of nitrogens with one attached hydrogen (secondary N) is 1. The maximum atomic E-state index is 12.1. The van der Waals surface area contributed by atoms with E-state index in [4.69, 9.17) is 23.2 Å². The number of carbonyl (C=O) groups is 1. The van der Waals surface area contributed by atoms with E-state index in [2.05, 4.69) is 21.2 Å². The van der Waals surface area contributed by atoms with Crippen molar-refractivity contribution in [1.29, 1.82) is 0 Å². The standard InChI is InChI=1S/C13H11BrCl2N2O/c1-7-3-10(16)11(5-9(7)15)17-13(19)12-4-8(14)6-18(12)2/h3-6H,1-2H3,(H,17,19). The van der Waals surface area contributed by atoms with Gasteiger partial charge < -0.3 is 9.88 Å². The van der Waals surface area contributed by atoms with Crippen LogP contribution in [0.4, 0.5) is 5.69 Å². The molecule has 0 aliphatic carbocycles. The van der Waals surface area contributed by atoms with Gasteiger partial charge in [-0.25, -0.2) is 0 Å². The van der Waals surface area contributed by atoms with E-state index in [9.17, 15) is 4.79 Å². The topological polar surface area (TPSA) is 34.0 Å². The van der Waals surface area contributed by atoms with E-state index in [1.807, 2.05) is 6.92 Å². The van der Waals surface area contributed by atoms with Crippen molar-refractivity contribution in [3.8, 4) is 0 Å². The van der Waals surface area contributed by atoms with E-state index < -0.39 is 0 Å². The Labute approximate surface area is 129 Å². The van der Waals surface area contributed by atoms with Gasteiger partial charge in [0.05, 0.1) is 10.7 Å². The molecule has 2 rings (SSSR count). The lowest BCUT2D eigenvalue weighted by atomic mass is 10.2. The summed E-state index contributed by atoms with van der Waals surface area (Å²) >= 11 is 15.4. The number of rotatable bonds is 2. The van der Waals surface area contributed by atoms with E-state index in [0.29, 0.717) is 21.4 Å². The number of amides is 1. The lowest BCUT2D eigenvalue weighted by molar-refractivity contribution is 0.101. The third-order valence-corrected chi connectivity index (χ3v) is 3.85. The minimum atomic E-state index is -0.241. The van der Waals surface area contributed by atoms with Gasteiger partial charge in [-0.05, 0) is 46.6 Å². The Kier molecular flexibility index (Phi) is 4.23. The van der Waals surface area contributed by atoms with Crippen LogP contribution < -0.4 is 5.32 Å². The largest absolute Gasteiger partial charge is 0.345 e. The van der Waals surface area contributed by atoms with Crippen molar-refractivity contribution in [3.05, 3.63) is 50.2 Å². The summed E-state index contributed by atoms with van der Waals surface area (Å²) in [5.74, 6) is -0.241. The number of hydrogen-bond acceptors (Lipinski definition) is 1. The maximum absolute atomic E-state index is 12.1. The smallest absolute Gasteiger partial charge is 0.272 e. The summed E-state index contributed by atoms with van der Waals surface area (Å²) < 4.78 is 2.57. The van der Waals surface area contributed by atoms with Crippen molar-refractivity contribution in [3.63, 3.8) is 0 Å². The first-order chi connectivity index (χ1) is 8.88. The van der Waals surface area contributed by atoms with Gasteiger partial charge in [0.25, 0.3) is 5.91 Å². The van der Waals surface area contributed by atoms with Crippen molar-refractivity contribution in [2.45, 2.75) is 6.92 Å². The fourth-order valence-corrected chi connectivity index (χ4v) is 2.63. The van der Waals surface area contributed by atoms with E-state index in [0.717, 1.165) is 10.0 Å². The Morgan fingerprint density at radius 3 is 2.53 bits per heavy atom. The molecule has 0 bridgehead atoms. The zero-order valence-corrected chi connectivity index (χ0v) is 13.4. The van der Waals surface area contributed by atoms with Crippen LogP contribution >= 0.6 is 39.1 Å². The molecule has 0 fully saturated rings. The number of hydrogen-bond donors (Lipinski definition) is 1. The highest BCUT2D eigenvalue weighted by Gasteiger charge is 2.13. The minimum Gasteiger partial charge on any atom is -0.345 e. The molecule has 0 radical (unpaired) electrons. The van der Waals surface area contributed by atoms with Gasteiger partial charge in [0.1, 0.15) is 5.69 Å². The van der Waals surface area contributed by atoms with Crippen LogP contribution in [0, 0.1) is 6.92 Å². The van der Waals surface area contributed by atoms with E-state index in [-0.39, 0.29) is 5.91 Å². The molecule has 0 unspecified atom stereocenters. The lowest BCUT2D eigenvalue weighted by Gasteiger charge is -2.09. The van der Waals surface area contributed by atoms with E-state index in [1.54, 1.807) is 36.0 Å². The van der Waals surface area contributed by atoms with Crippen LogP contribution in [0.5, 0.6) is 0 Å². The second-order valence-corrected chi connectivity index (χ2v) is 5.92. The van der Waals surface area contributed by atoms with Crippen molar-refractivity contribution in [1.82, 2.24) is 4.57 Å². The molecule has 1 aromatic heterocycles. The van der Waals surface area contributed by atoms with Gasteiger partial charge in [-0.3, -0.25) is 4.79 Å². The Morgan fingerprint density at radius 2 is 1.95 bits per heavy atom. The number of nitrogens with zero attached hydrogens (tertiary/aromatic N) is 1. The van der Waals surface area contributed by atoms with Gasteiger partial charge in [0.15, 0.2) is 0 Å². The first-order valence-corrected chi connectivity index (χ1v) is 7.02. The Morgan fingerprint density at radius 1 is 1.26 bits per heavy atom. The van der Waals surface area contributed by atoms with Crippen LogP contribution in [-0.2, 0) is 7.05 Å². The maximum Gasteiger partial charge on any atom is 0.272 e. The van der Waals surface area contributed by atoms with E-state index in [1.165, 1.54) is 0 Å². The summed E-state index contributed by atoms with van der Waals surface area (Å²) in [5.41, 5.74) is 1.89. The molecular formula is C13H11BrCl2N2O. The van der Waals surface area contributed by atoms with Crippen LogP contribution in [0.25, 0.3) is 0 Å². The SMILES string of the molecule is Cc1cc(Cl)c(NC(=O)c2cc(Br)cn2C)cc1Cl. The molecule has 0 saturated heterocycles. The molecular weight excluding hydrogens is 351 g/mol. The molecule has 0 spiro atoms. The van der Waals surface area contributed by atoms with Crippen LogP contribution in [-0.4, -0.2) is 10.5 Å². The van der Waals surface area contributed by atoms with Crippen LogP contribution in [0.15, 0.2) is 28.9 Å². The lowest BCUT2D eigenvalue weighted by Crippen LogP contribution is -2.15. The van der Waals surface area contributed by atoms with Gasteiger partial charge in [-0.1, -0.05) is 23.2 Å². The second kappa shape index (κ2) is 5.57. The molecule has 3 nitrogen and oxygen atoms in total. The number of aryl methyl sites for hydroxylation is 2. The second-order valence-electron chi connectivity index (χ2n) is 4.19. The molecule has 1 aromatic carbocycles. The number of benzene rings is 1. The number of carbonyl (C=O) groups excluding carboxylic acids is 1. The third-order valence-electron chi connectivity index (χ3n) is 2.70. The highest BCUT2D eigenvalue weighted by Crippen LogP contribution is 2.29. The van der Waals surface area contributed by atoms with Gasteiger partial charge in [0, 0.05) is 22.7 Å². The zero-order valence-electron chi connectivity index (χ0n) is 10.3. The molecule has 1 N–H and O–H groups in total. The van der Waals surface area contributed by atoms with Gasteiger partial charge in [0.2, 0.25) is 0 Å². The molecule has 1 heterocycles. The summed E-state index contributed by atoms with van der Waals surface area (Å²) in [6.45, 7) is 1.86. The molecule has 0 aliphatic heterocycles. The number of anilines is 1. The van der Waals surface area contributed by atoms with Gasteiger partial charge in [-0.15, -0.1) is 0 Å². The van der Waals surface area contributed by atoms with Gasteiger partial charge in [-0.2, -0.15) is 0 Å². The molecule has 1 amide bonds. The minimum absolute atomic E-state index is 0.241. The average Bonchev–Trinajstić information content (AvgIpc) is 2.65. The fraction of sp³-hybridized carbons (Fsp3) is 0.154. The zero-order chi connectivity index (χ0) is 14.2. The number of halogens is 3. The highest BCUT2D eigenvalue weighted by molar-refractivity contribution is 9.10. The van der Waals surface area contributed by atoms with Crippen LogP contribution in [0.3, 0.4) is 0 Å². The molecule has 0 aliphatic rings. The van der Waals surface area contributed by atoms with Crippen molar-refractivity contribution < 1.29 is 4.79 Å². The van der Waals surface area contributed by atoms with Crippen molar-refractivity contribution >= 4 is 50.7 Å². The highest BCUT2D eigenvalue weighted by atomic mass is 79.9. The summed E-state index contributed by atoms with van der Waals surface area (Å²) in [4.78, 5) is 12.1. The molecule has 6 heteroatoms. The first kappa shape index (κ1) is 14.4. The van der Waals surface area contributed by atoms with Crippen molar-refractivity contribution in [2.24, 2.45) is 7.05 Å². The van der Waals surface area contributed by atoms with Crippen LogP contribution in [0.2, 0.25) is 10.0 Å². The van der Waals surface area contributed by atoms with Gasteiger partial charge >= 0.3 is 0 Å². The Bertz CT molecular complexity index is 652. The summed E-state index contributed by atoms with van der Waals surface area (Å²) in [7, 11) is 1.80. The van der Waals surface area contributed by atoms with Crippen LogP contribution in [0.1, 0.15) is 16.1 Å². The molecule has 19 heavy (non-hydrogen) atoms. The normalized spacial score (nSPS) is 10.6. The predicted octanol–water partition coefficient (Wildman–Crippen LogP) is 4.66. The fourth-order valence-electron chi connectivity index (χ4n) is 1.68. The van der Waals surface area contributed by atoms with Crippen molar-refractivity contribution in [2.75, 3.05) is 5.32 Å². The first-order valence-electron chi connectivity index (χ1n) is 5.47. The van der Waals surface area contributed by atoms with E-state index >= 15 is 0 Å². The molecule has 2 aromatic rings. The Balaban J connectivity index is 2.29. The summed E-state index contributed by atoms with van der Waals surface area (Å²) in [6.07, 6.45) is 1.80. The third kappa shape index (κ3) is 3.14.